The van der Waals surface area contributed by atoms with Crippen LogP contribution in [0.25, 0.3) is 5.69 Å². The first-order chi connectivity index (χ1) is 31.8. The van der Waals surface area contributed by atoms with E-state index in [2.05, 4.69) is 16.7 Å². The minimum atomic E-state index is -1.81. The monoisotopic (exact) mass is 954 g/mol. The largest absolute Gasteiger partial charge is 0.459 e. The van der Waals surface area contributed by atoms with Crippen LogP contribution in [0.1, 0.15) is 112 Å². The summed E-state index contributed by atoms with van der Waals surface area (Å²) < 4.78 is 33.7. The first-order valence-corrected chi connectivity index (χ1v) is 24.7. The molecule has 5 N–H and O–H groups in total. The van der Waals surface area contributed by atoms with Crippen LogP contribution < -0.4 is 5.56 Å². The number of esters is 1. The zero-order valence-electron chi connectivity index (χ0n) is 43.1. The summed E-state index contributed by atoms with van der Waals surface area (Å²) in [7, 11) is 5.32. The van der Waals surface area contributed by atoms with Crippen molar-refractivity contribution in [2.45, 2.75) is 192 Å². The van der Waals surface area contributed by atoms with E-state index in [1.807, 2.05) is 91.0 Å². The molecular weight excluding hydrogens is 871 g/mol. The number of aliphatic hydroxyl groups excluding tert-OH is 3. The van der Waals surface area contributed by atoms with Crippen molar-refractivity contribution in [2.24, 2.45) is 23.7 Å². The molecule has 3 saturated heterocycles. The fraction of sp³-hybridized carbons (Fsp3) is 0.736. The van der Waals surface area contributed by atoms with E-state index in [0.29, 0.717) is 25.9 Å². The van der Waals surface area contributed by atoms with Crippen LogP contribution in [-0.2, 0) is 28.5 Å². The smallest absolute Gasteiger partial charge is 0.309 e. The molecule has 1 aromatic heterocycles. The molecule has 3 fully saturated rings. The molecule has 3 aliphatic rings. The second kappa shape index (κ2) is 22.9. The summed E-state index contributed by atoms with van der Waals surface area (Å²) in [5.74, 6) is 3.36. The SMILES string of the molecule is CC[C@H]1OC(=O)[C@H](C)[C@@H](C2C[C@@](C)(OC)[C@@H](O)[C@H](C)O2)[C@H](C)[C@@H](O[C@@H]2O[C@H](C)C[C@H](N(C)CCC#Cc3ccc(-n4cc(C)ccc4=O)cc3)[C@H]2O)[C@](C)(O)C[C@@H](C)CN(C)[C@H](C)[C@@H](O)[C@]1(C)O. The number of rotatable bonds is 9. The highest BCUT2D eigenvalue weighted by Gasteiger charge is 2.55. The van der Waals surface area contributed by atoms with Crippen LogP contribution in [0, 0.1) is 42.4 Å². The Morgan fingerprint density at radius 2 is 1.59 bits per heavy atom. The lowest BCUT2D eigenvalue weighted by Crippen LogP contribution is -2.62. The quantitative estimate of drug-likeness (QED) is 0.175. The third-order valence-electron chi connectivity index (χ3n) is 15.5. The van der Waals surface area contributed by atoms with Crippen LogP contribution in [0.2, 0.25) is 0 Å². The van der Waals surface area contributed by atoms with E-state index < -0.39 is 102 Å². The number of aromatic nitrogens is 1. The van der Waals surface area contributed by atoms with Gasteiger partial charge in [0.05, 0.1) is 41.5 Å². The average Bonchev–Trinajstić information content (AvgIpc) is 3.28. The first kappa shape index (κ1) is 55.7. The van der Waals surface area contributed by atoms with Gasteiger partial charge in [0.15, 0.2) is 6.29 Å². The summed E-state index contributed by atoms with van der Waals surface area (Å²) in [4.78, 5) is 31.0. The van der Waals surface area contributed by atoms with Gasteiger partial charge in [0.2, 0.25) is 0 Å². The molecule has 5 rings (SSSR count). The minimum absolute atomic E-state index is 0.107. The lowest BCUT2D eigenvalue weighted by molar-refractivity contribution is -0.302. The number of likely N-dealkylation sites (N-methyl/N-ethyl adjacent to an activating group) is 2. The maximum atomic E-state index is 14.6. The Morgan fingerprint density at radius 3 is 2.22 bits per heavy atom. The molecule has 1 aromatic carbocycles. The molecule has 68 heavy (non-hydrogen) atoms. The molecule has 2 aromatic rings. The highest BCUT2D eigenvalue weighted by Crippen LogP contribution is 2.45. The van der Waals surface area contributed by atoms with Crippen LogP contribution in [0.5, 0.6) is 0 Å². The van der Waals surface area contributed by atoms with Gasteiger partial charge in [-0.2, -0.15) is 0 Å². The number of benzene rings is 1. The molecule has 0 aliphatic carbocycles. The van der Waals surface area contributed by atoms with Crippen molar-refractivity contribution >= 4 is 5.97 Å². The van der Waals surface area contributed by atoms with Crippen LogP contribution in [0.3, 0.4) is 0 Å². The maximum Gasteiger partial charge on any atom is 0.309 e. The van der Waals surface area contributed by atoms with Gasteiger partial charge in [-0.3, -0.25) is 19.1 Å². The topological polar surface area (TPSA) is 193 Å². The Morgan fingerprint density at radius 1 is 0.926 bits per heavy atom. The molecule has 3 aliphatic heterocycles. The molecule has 0 amide bonds. The van der Waals surface area contributed by atoms with Gasteiger partial charge in [0.25, 0.3) is 5.56 Å². The molecular formula is C53H83N3O12. The van der Waals surface area contributed by atoms with Crippen molar-refractivity contribution in [3.63, 3.8) is 0 Å². The summed E-state index contributed by atoms with van der Waals surface area (Å²) >= 11 is 0. The van der Waals surface area contributed by atoms with E-state index in [4.69, 9.17) is 23.7 Å². The molecule has 382 valence electrons. The van der Waals surface area contributed by atoms with Gasteiger partial charge in [0, 0.05) is 74.6 Å². The van der Waals surface area contributed by atoms with E-state index in [1.165, 1.54) is 14.0 Å². The van der Waals surface area contributed by atoms with E-state index in [0.717, 1.165) is 16.8 Å². The zero-order chi connectivity index (χ0) is 50.6. The van der Waals surface area contributed by atoms with E-state index in [1.54, 1.807) is 44.4 Å². The minimum Gasteiger partial charge on any atom is -0.459 e. The summed E-state index contributed by atoms with van der Waals surface area (Å²) in [6.07, 6.45) is -4.97. The third-order valence-corrected chi connectivity index (χ3v) is 15.5. The summed E-state index contributed by atoms with van der Waals surface area (Å²) in [6.45, 7) is 20.9. The number of carbonyl (C=O) groups is 1. The predicted octanol–water partition coefficient (Wildman–Crippen LogP) is 4.45. The van der Waals surface area contributed by atoms with Crippen LogP contribution in [0.15, 0.2) is 47.4 Å². The lowest BCUT2D eigenvalue weighted by Gasteiger charge is -2.51. The Bertz CT molecular complexity index is 2090. The molecule has 4 heterocycles. The molecule has 15 heteroatoms. The van der Waals surface area contributed by atoms with Crippen LogP contribution >= 0.6 is 0 Å². The van der Waals surface area contributed by atoms with E-state index >= 15 is 0 Å². The molecule has 15 nitrogen and oxygen atoms in total. The third kappa shape index (κ3) is 12.6. The first-order valence-electron chi connectivity index (χ1n) is 24.7. The number of hydrogen-bond donors (Lipinski definition) is 5. The average molecular weight is 954 g/mol. The number of hydrogen-bond acceptors (Lipinski definition) is 14. The highest BCUT2D eigenvalue weighted by atomic mass is 16.7. The van der Waals surface area contributed by atoms with Gasteiger partial charge in [0.1, 0.15) is 30.0 Å². The molecule has 0 saturated carbocycles. The van der Waals surface area contributed by atoms with Crippen molar-refractivity contribution < 1.29 is 54.0 Å². The summed E-state index contributed by atoms with van der Waals surface area (Å²) in [5.41, 5.74) is -2.00. The number of ether oxygens (including phenoxy) is 5. The Kier molecular flexibility index (Phi) is 18.7. The molecule has 0 bridgehead atoms. The van der Waals surface area contributed by atoms with Crippen molar-refractivity contribution in [1.82, 2.24) is 14.4 Å². The zero-order valence-corrected chi connectivity index (χ0v) is 43.1. The molecule has 0 spiro atoms. The number of pyridine rings is 1. The fourth-order valence-electron chi connectivity index (χ4n) is 11.3. The number of aryl methyl sites for hydroxylation is 1. The molecule has 18 atom stereocenters. The van der Waals surface area contributed by atoms with E-state index in [-0.39, 0.29) is 36.8 Å². The van der Waals surface area contributed by atoms with Gasteiger partial charge in [-0.15, -0.1) is 0 Å². The Hall–Kier alpha value is -3.24. The standard InChI is InChI=1S/C53H83N3O12/c1-15-42-53(11,63)46(59)36(7)55(13)29-32(3)27-51(9,62)48(34(5)44(35(6)49(61)67-42)41-28-52(10,64-14)47(60)37(8)66-41)68-50-45(58)40(26-33(4)65-50)54(12)25-17-16-18-38-20-22-39(23-21-38)56-30-31(2)19-24-43(56)57/h19-24,30,32-37,40-42,44-48,50,58-60,62-63H,15,17,25-29H2,1-14H3/t32-,33-,34+,35-,36-,37+,40+,41?,42-,44+,45-,46-,47+,48-,50+,51-,52-,53-/m1/s1. The van der Waals surface area contributed by atoms with Crippen molar-refractivity contribution in [3.8, 4) is 17.5 Å². The second-order valence-electron chi connectivity index (χ2n) is 21.3. The summed E-state index contributed by atoms with van der Waals surface area (Å²) in [6, 6.07) is 9.91. The number of carbonyl (C=O) groups excluding carboxylic acids is 1. The summed E-state index contributed by atoms with van der Waals surface area (Å²) in [5, 5.41) is 59.9. The van der Waals surface area contributed by atoms with Crippen LogP contribution in [-0.4, -0.2) is 164 Å². The second-order valence-corrected chi connectivity index (χ2v) is 21.3. The number of nitrogens with zero attached hydrogens (tertiary/aromatic N) is 3. The van der Waals surface area contributed by atoms with Gasteiger partial charge in [-0.05, 0) is 123 Å². The lowest BCUT2D eigenvalue weighted by atomic mass is 9.68. The predicted molar refractivity (Wildman–Crippen MR) is 260 cm³/mol. The normalized spacial score (nSPS) is 40.4. The van der Waals surface area contributed by atoms with Crippen molar-refractivity contribution in [2.75, 3.05) is 34.3 Å². The van der Waals surface area contributed by atoms with E-state index in [9.17, 15) is 35.1 Å². The number of methoxy groups -OCH3 is 1. The van der Waals surface area contributed by atoms with Crippen molar-refractivity contribution in [3.05, 3.63) is 64.1 Å². The van der Waals surface area contributed by atoms with Gasteiger partial charge in [-0.25, -0.2) is 0 Å². The fourth-order valence-corrected chi connectivity index (χ4v) is 11.3. The van der Waals surface area contributed by atoms with Gasteiger partial charge < -0.3 is 54.1 Å². The highest BCUT2D eigenvalue weighted by molar-refractivity contribution is 5.73. The molecule has 0 radical (unpaired) electrons. The van der Waals surface area contributed by atoms with Gasteiger partial charge >= 0.3 is 5.97 Å². The Labute approximate surface area is 405 Å². The van der Waals surface area contributed by atoms with Gasteiger partial charge in [-0.1, -0.05) is 45.6 Å². The van der Waals surface area contributed by atoms with Crippen molar-refractivity contribution in [1.29, 1.82) is 0 Å². The Balaban J connectivity index is 1.46. The number of cyclic esters (lactones) is 1. The van der Waals surface area contributed by atoms with Crippen LogP contribution in [0.4, 0.5) is 0 Å². The molecule has 1 unspecified atom stereocenters. The maximum absolute atomic E-state index is 14.6. The number of aliphatic hydroxyl groups is 5.